The largest absolute Gasteiger partial charge is 0.354 e. The molecule has 8 heteroatoms. The molecule has 0 saturated carbocycles. The van der Waals surface area contributed by atoms with Gasteiger partial charge in [0.05, 0.1) is 6.42 Å². The number of anilines is 1. The Bertz CT molecular complexity index is 1260. The molecule has 0 aromatic heterocycles. The number of carbonyl (C=O) groups excluding carboxylic acids is 4. The van der Waals surface area contributed by atoms with Gasteiger partial charge in [0.1, 0.15) is 6.04 Å². The van der Waals surface area contributed by atoms with E-state index in [2.05, 4.69) is 21.3 Å². The lowest BCUT2D eigenvalue weighted by atomic mass is 10.1. The number of hydrogen-bond donors (Lipinski definition) is 4. The van der Waals surface area contributed by atoms with Gasteiger partial charge in [0.15, 0.2) is 0 Å². The number of aryl methyl sites for hydroxylation is 1. The number of rotatable bonds is 11. The molecule has 0 radical (unpaired) electrons. The van der Waals surface area contributed by atoms with E-state index in [1.165, 1.54) is 0 Å². The summed E-state index contributed by atoms with van der Waals surface area (Å²) in [5.41, 5.74) is 1.22. The molecule has 3 aromatic carbocycles. The standard InChI is InChI=1S/C30H36N4O4/c1-30(2,3)34-28(37)20-25(33-26(35)17-16-21-10-5-4-6-11-21)29(38)31-19-18-27(36)32-24-15-9-13-22-12-7-8-14-23(22)24/h4-15,25H,16-20H2,1-3H3,(H,31,38)(H,32,36)(H,33,35)(H,34,37). The number of benzene rings is 3. The smallest absolute Gasteiger partial charge is 0.243 e. The molecular formula is C30H36N4O4. The van der Waals surface area contributed by atoms with E-state index >= 15 is 0 Å². The summed E-state index contributed by atoms with van der Waals surface area (Å²) in [6, 6.07) is 21.9. The molecule has 0 fully saturated rings. The van der Waals surface area contributed by atoms with Gasteiger partial charge >= 0.3 is 0 Å². The van der Waals surface area contributed by atoms with Crippen LogP contribution in [0.4, 0.5) is 5.69 Å². The van der Waals surface area contributed by atoms with Gasteiger partial charge < -0.3 is 21.3 Å². The predicted molar refractivity (Wildman–Crippen MR) is 149 cm³/mol. The highest BCUT2D eigenvalue weighted by molar-refractivity contribution is 6.02. The van der Waals surface area contributed by atoms with E-state index in [1.54, 1.807) is 0 Å². The summed E-state index contributed by atoms with van der Waals surface area (Å²) in [4.78, 5) is 50.6. The maximum atomic E-state index is 12.9. The Labute approximate surface area is 223 Å². The minimum atomic E-state index is -1.05. The number of hydrogen-bond acceptors (Lipinski definition) is 4. The molecule has 1 atom stereocenters. The van der Waals surface area contributed by atoms with Crippen molar-refractivity contribution in [2.75, 3.05) is 11.9 Å². The first kappa shape index (κ1) is 28.4. The normalized spacial score (nSPS) is 11.9. The molecule has 0 saturated heterocycles. The van der Waals surface area contributed by atoms with Crippen molar-refractivity contribution in [1.82, 2.24) is 16.0 Å². The minimum Gasteiger partial charge on any atom is -0.354 e. The van der Waals surface area contributed by atoms with Gasteiger partial charge in [0, 0.05) is 36.0 Å². The van der Waals surface area contributed by atoms with Crippen molar-refractivity contribution in [2.24, 2.45) is 0 Å². The Hall–Kier alpha value is -4.20. The van der Waals surface area contributed by atoms with E-state index in [-0.39, 0.29) is 43.5 Å². The Morgan fingerprint density at radius 2 is 1.45 bits per heavy atom. The summed E-state index contributed by atoms with van der Waals surface area (Å²) < 4.78 is 0. The zero-order chi connectivity index (χ0) is 27.5. The van der Waals surface area contributed by atoms with E-state index in [4.69, 9.17) is 0 Å². The third-order valence-electron chi connectivity index (χ3n) is 5.75. The lowest BCUT2D eigenvalue weighted by Gasteiger charge is -2.23. The van der Waals surface area contributed by atoms with E-state index in [1.807, 2.05) is 93.6 Å². The van der Waals surface area contributed by atoms with Crippen LogP contribution in [0, 0.1) is 0 Å². The molecule has 3 aromatic rings. The van der Waals surface area contributed by atoms with Crippen LogP contribution in [-0.2, 0) is 25.6 Å². The van der Waals surface area contributed by atoms with E-state index in [0.29, 0.717) is 12.1 Å². The van der Waals surface area contributed by atoms with Crippen molar-refractivity contribution >= 4 is 40.1 Å². The summed E-state index contributed by atoms with van der Waals surface area (Å²) in [5.74, 6) is -1.45. The summed E-state index contributed by atoms with van der Waals surface area (Å²) in [6.45, 7) is 5.58. The quantitative estimate of drug-likeness (QED) is 0.311. The average molecular weight is 517 g/mol. The summed E-state index contributed by atoms with van der Waals surface area (Å²) in [6.07, 6.45) is 0.534. The molecule has 4 amide bonds. The fourth-order valence-electron chi connectivity index (χ4n) is 4.00. The summed E-state index contributed by atoms with van der Waals surface area (Å²) in [5, 5.41) is 13.0. The van der Waals surface area contributed by atoms with Crippen LogP contribution in [0.2, 0.25) is 0 Å². The monoisotopic (exact) mass is 516 g/mol. The van der Waals surface area contributed by atoms with Crippen LogP contribution in [0.15, 0.2) is 72.8 Å². The highest BCUT2D eigenvalue weighted by Crippen LogP contribution is 2.22. The van der Waals surface area contributed by atoms with Crippen LogP contribution in [0.1, 0.15) is 45.6 Å². The third-order valence-corrected chi connectivity index (χ3v) is 5.75. The van der Waals surface area contributed by atoms with Crippen LogP contribution < -0.4 is 21.3 Å². The molecule has 3 rings (SSSR count). The molecule has 8 nitrogen and oxygen atoms in total. The highest BCUT2D eigenvalue weighted by Gasteiger charge is 2.25. The van der Waals surface area contributed by atoms with E-state index < -0.39 is 17.5 Å². The number of nitrogens with one attached hydrogen (secondary N) is 4. The molecule has 0 bridgehead atoms. The molecule has 1 unspecified atom stereocenters. The molecule has 0 aliphatic carbocycles. The van der Waals surface area contributed by atoms with E-state index in [9.17, 15) is 19.2 Å². The van der Waals surface area contributed by atoms with Crippen LogP contribution >= 0.6 is 0 Å². The van der Waals surface area contributed by atoms with Crippen LogP contribution in [0.25, 0.3) is 10.8 Å². The van der Waals surface area contributed by atoms with Gasteiger partial charge in [-0.3, -0.25) is 19.2 Å². The Morgan fingerprint density at radius 1 is 0.763 bits per heavy atom. The van der Waals surface area contributed by atoms with Gasteiger partial charge in [-0.25, -0.2) is 0 Å². The molecule has 0 spiro atoms. The van der Waals surface area contributed by atoms with Gasteiger partial charge in [-0.1, -0.05) is 66.7 Å². The minimum absolute atomic E-state index is 0.0395. The third kappa shape index (κ3) is 9.35. The Morgan fingerprint density at radius 3 is 2.18 bits per heavy atom. The molecule has 0 aliphatic rings. The SMILES string of the molecule is CC(C)(C)NC(=O)CC(NC(=O)CCc1ccccc1)C(=O)NCCC(=O)Nc1cccc2ccccc12. The van der Waals surface area contributed by atoms with Crippen molar-refractivity contribution in [3.8, 4) is 0 Å². The van der Waals surface area contributed by atoms with Crippen molar-refractivity contribution in [3.63, 3.8) is 0 Å². The van der Waals surface area contributed by atoms with Gasteiger partial charge in [0.2, 0.25) is 23.6 Å². The Balaban J connectivity index is 1.55. The fourth-order valence-corrected chi connectivity index (χ4v) is 4.00. The maximum absolute atomic E-state index is 12.9. The lowest BCUT2D eigenvalue weighted by Crippen LogP contribution is -2.51. The maximum Gasteiger partial charge on any atom is 0.243 e. The molecule has 38 heavy (non-hydrogen) atoms. The average Bonchev–Trinajstić information content (AvgIpc) is 2.87. The second-order valence-corrected chi connectivity index (χ2v) is 10.2. The van der Waals surface area contributed by atoms with Crippen molar-refractivity contribution < 1.29 is 19.2 Å². The molecule has 4 N–H and O–H groups in total. The van der Waals surface area contributed by atoms with Crippen LogP contribution in [0.3, 0.4) is 0 Å². The van der Waals surface area contributed by atoms with Gasteiger partial charge in [-0.2, -0.15) is 0 Å². The topological polar surface area (TPSA) is 116 Å². The van der Waals surface area contributed by atoms with Gasteiger partial charge in [-0.05, 0) is 44.2 Å². The number of amides is 4. The van der Waals surface area contributed by atoms with Crippen molar-refractivity contribution in [3.05, 3.63) is 78.4 Å². The second-order valence-electron chi connectivity index (χ2n) is 10.2. The lowest BCUT2D eigenvalue weighted by molar-refractivity contribution is -0.132. The van der Waals surface area contributed by atoms with Crippen LogP contribution in [0.5, 0.6) is 0 Å². The fraction of sp³-hybridized carbons (Fsp3) is 0.333. The molecule has 200 valence electrons. The second kappa shape index (κ2) is 13.4. The van der Waals surface area contributed by atoms with Crippen LogP contribution in [-0.4, -0.2) is 41.8 Å². The summed E-state index contributed by atoms with van der Waals surface area (Å²) >= 11 is 0. The van der Waals surface area contributed by atoms with Gasteiger partial charge in [-0.15, -0.1) is 0 Å². The highest BCUT2D eigenvalue weighted by atomic mass is 16.2. The zero-order valence-electron chi connectivity index (χ0n) is 22.2. The van der Waals surface area contributed by atoms with Crippen molar-refractivity contribution in [1.29, 1.82) is 0 Å². The van der Waals surface area contributed by atoms with Gasteiger partial charge in [0.25, 0.3) is 0 Å². The summed E-state index contributed by atoms with van der Waals surface area (Å²) in [7, 11) is 0. The first-order valence-electron chi connectivity index (χ1n) is 12.8. The van der Waals surface area contributed by atoms with E-state index in [0.717, 1.165) is 16.3 Å². The Kier molecular flexibility index (Phi) is 9.99. The number of fused-ring (bicyclic) bond motifs is 1. The zero-order valence-corrected chi connectivity index (χ0v) is 22.2. The molecule has 0 aliphatic heterocycles. The molecule has 0 heterocycles. The molecular weight excluding hydrogens is 480 g/mol. The predicted octanol–water partition coefficient (Wildman–Crippen LogP) is 3.71. The number of carbonyl (C=O) groups is 4. The first-order chi connectivity index (χ1) is 18.1. The first-order valence-corrected chi connectivity index (χ1v) is 12.8. The van der Waals surface area contributed by atoms with Crippen molar-refractivity contribution in [2.45, 2.75) is 58.0 Å².